The summed E-state index contributed by atoms with van der Waals surface area (Å²) in [5.74, 6) is -0.467. The summed E-state index contributed by atoms with van der Waals surface area (Å²) in [7, 11) is 0. The molecule has 1 heterocycles. The quantitative estimate of drug-likeness (QED) is 0.797. The Balaban J connectivity index is 2.11. The van der Waals surface area contributed by atoms with E-state index in [1.165, 1.54) is 24.3 Å². The Bertz CT molecular complexity index is 766. The molecule has 0 saturated heterocycles. The van der Waals surface area contributed by atoms with E-state index in [0.29, 0.717) is 28.1 Å². The van der Waals surface area contributed by atoms with Crippen molar-refractivity contribution < 1.29 is 18.4 Å². The first-order chi connectivity index (χ1) is 10.2. The largest absolute Gasteiger partial charge is 0.391 e. The molecule has 0 atom stereocenters. The second-order valence-electron chi connectivity index (χ2n) is 4.51. The van der Waals surface area contributed by atoms with Gasteiger partial charge < -0.3 is 9.63 Å². The van der Waals surface area contributed by atoms with Crippen molar-refractivity contribution in [1.29, 1.82) is 0 Å². The van der Waals surface area contributed by atoms with Crippen molar-refractivity contribution in [3.8, 4) is 22.6 Å². The first kappa shape index (κ1) is 13.5. The molecule has 106 valence electrons. The van der Waals surface area contributed by atoms with Crippen LogP contribution in [0.15, 0.2) is 53.1 Å². The Kier molecular flexibility index (Phi) is 3.50. The third-order valence-corrected chi connectivity index (χ3v) is 3.15. The predicted molar refractivity (Wildman–Crippen MR) is 73.2 cm³/mol. The maximum Gasteiger partial charge on any atom is 0.173 e. The Morgan fingerprint density at radius 1 is 0.952 bits per heavy atom. The van der Waals surface area contributed by atoms with Crippen molar-refractivity contribution in [3.05, 3.63) is 65.7 Å². The van der Waals surface area contributed by atoms with Gasteiger partial charge in [-0.2, -0.15) is 0 Å². The van der Waals surface area contributed by atoms with Gasteiger partial charge in [-0.3, -0.25) is 0 Å². The maximum atomic E-state index is 13.3. The molecule has 0 spiro atoms. The summed E-state index contributed by atoms with van der Waals surface area (Å²) in [5, 5.41) is 13.5. The van der Waals surface area contributed by atoms with Gasteiger partial charge in [-0.25, -0.2) is 8.78 Å². The average molecular weight is 287 g/mol. The molecule has 21 heavy (non-hydrogen) atoms. The number of aliphatic hydroxyl groups excluding tert-OH is 1. The molecule has 0 radical (unpaired) electrons. The van der Waals surface area contributed by atoms with Crippen LogP contribution in [0.5, 0.6) is 0 Å². The first-order valence-electron chi connectivity index (χ1n) is 6.30. The lowest BCUT2D eigenvalue weighted by Crippen LogP contribution is -1.89. The van der Waals surface area contributed by atoms with E-state index in [1.807, 2.05) is 0 Å². The standard InChI is InChI=1S/C16H11F2NO2/c17-12-6-4-10(5-7-12)15-14(9-20)16(21-19-15)11-2-1-3-13(18)8-11/h1-8,20H,9H2. The van der Waals surface area contributed by atoms with Gasteiger partial charge in [0.25, 0.3) is 0 Å². The zero-order chi connectivity index (χ0) is 14.8. The summed E-state index contributed by atoms with van der Waals surface area (Å²) in [6.45, 7) is -0.317. The zero-order valence-electron chi connectivity index (χ0n) is 10.9. The van der Waals surface area contributed by atoms with E-state index >= 15 is 0 Å². The molecule has 0 fully saturated rings. The van der Waals surface area contributed by atoms with Crippen molar-refractivity contribution in [2.24, 2.45) is 0 Å². The minimum atomic E-state index is -0.406. The predicted octanol–water partition coefficient (Wildman–Crippen LogP) is 3.78. The summed E-state index contributed by atoms with van der Waals surface area (Å²) in [6.07, 6.45) is 0. The summed E-state index contributed by atoms with van der Waals surface area (Å²) in [6, 6.07) is 11.5. The van der Waals surface area contributed by atoms with Gasteiger partial charge in [0.15, 0.2) is 5.76 Å². The van der Waals surface area contributed by atoms with Gasteiger partial charge in [-0.1, -0.05) is 17.3 Å². The van der Waals surface area contributed by atoms with Crippen molar-refractivity contribution in [2.45, 2.75) is 6.61 Å². The third kappa shape index (κ3) is 2.55. The molecule has 3 rings (SSSR count). The number of aromatic nitrogens is 1. The topological polar surface area (TPSA) is 46.3 Å². The highest BCUT2D eigenvalue weighted by atomic mass is 19.1. The van der Waals surface area contributed by atoms with Gasteiger partial charge in [0, 0.05) is 11.1 Å². The number of rotatable bonds is 3. The summed E-state index contributed by atoms with van der Waals surface area (Å²) in [4.78, 5) is 0. The average Bonchev–Trinajstić information content (AvgIpc) is 2.92. The second-order valence-corrected chi connectivity index (χ2v) is 4.51. The molecule has 2 aromatic carbocycles. The van der Waals surface area contributed by atoms with Crippen molar-refractivity contribution in [2.75, 3.05) is 0 Å². The minimum absolute atomic E-state index is 0.302. The van der Waals surface area contributed by atoms with Crippen LogP contribution in [-0.2, 0) is 6.61 Å². The lowest BCUT2D eigenvalue weighted by molar-refractivity contribution is 0.281. The highest BCUT2D eigenvalue weighted by Gasteiger charge is 2.18. The van der Waals surface area contributed by atoms with Gasteiger partial charge in [0.1, 0.15) is 17.3 Å². The summed E-state index contributed by atoms with van der Waals surface area (Å²) in [5.41, 5.74) is 1.95. The van der Waals surface area contributed by atoms with Crippen LogP contribution in [0.2, 0.25) is 0 Å². The van der Waals surface area contributed by atoms with Crippen LogP contribution >= 0.6 is 0 Å². The number of aliphatic hydroxyl groups is 1. The molecule has 0 bridgehead atoms. The molecule has 0 unspecified atom stereocenters. The lowest BCUT2D eigenvalue weighted by Gasteiger charge is -2.01. The monoisotopic (exact) mass is 287 g/mol. The van der Waals surface area contributed by atoms with E-state index < -0.39 is 5.82 Å². The highest BCUT2D eigenvalue weighted by molar-refractivity contribution is 5.72. The Hall–Kier alpha value is -2.53. The van der Waals surface area contributed by atoms with E-state index in [2.05, 4.69) is 5.16 Å². The van der Waals surface area contributed by atoms with Crippen LogP contribution in [0.1, 0.15) is 5.56 Å². The summed E-state index contributed by atoms with van der Waals surface area (Å²) < 4.78 is 31.5. The molecule has 1 N–H and O–H groups in total. The molecule has 0 saturated carbocycles. The van der Waals surface area contributed by atoms with Crippen molar-refractivity contribution >= 4 is 0 Å². The number of nitrogens with zero attached hydrogens (tertiary/aromatic N) is 1. The van der Waals surface area contributed by atoms with Gasteiger partial charge in [-0.05, 0) is 36.4 Å². The molecule has 3 nitrogen and oxygen atoms in total. The van der Waals surface area contributed by atoms with Gasteiger partial charge in [-0.15, -0.1) is 0 Å². The van der Waals surface area contributed by atoms with Crippen LogP contribution < -0.4 is 0 Å². The van der Waals surface area contributed by atoms with E-state index in [9.17, 15) is 13.9 Å². The van der Waals surface area contributed by atoms with E-state index in [4.69, 9.17) is 4.52 Å². The Morgan fingerprint density at radius 2 is 1.71 bits per heavy atom. The number of hydrogen-bond acceptors (Lipinski definition) is 3. The fourth-order valence-electron chi connectivity index (χ4n) is 2.15. The fraction of sp³-hybridized carbons (Fsp3) is 0.0625. The molecular weight excluding hydrogens is 276 g/mol. The third-order valence-electron chi connectivity index (χ3n) is 3.15. The minimum Gasteiger partial charge on any atom is -0.391 e. The molecule has 0 aliphatic heterocycles. The van der Waals surface area contributed by atoms with Crippen LogP contribution in [-0.4, -0.2) is 10.3 Å². The Morgan fingerprint density at radius 3 is 2.38 bits per heavy atom. The number of hydrogen-bond donors (Lipinski definition) is 1. The zero-order valence-corrected chi connectivity index (χ0v) is 10.9. The van der Waals surface area contributed by atoms with Crippen molar-refractivity contribution in [1.82, 2.24) is 5.16 Å². The molecule has 0 aliphatic carbocycles. The highest BCUT2D eigenvalue weighted by Crippen LogP contribution is 2.32. The maximum absolute atomic E-state index is 13.3. The van der Waals surface area contributed by atoms with Crippen LogP contribution in [0.3, 0.4) is 0 Å². The molecule has 0 amide bonds. The van der Waals surface area contributed by atoms with E-state index in [1.54, 1.807) is 24.3 Å². The van der Waals surface area contributed by atoms with Crippen LogP contribution in [0.25, 0.3) is 22.6 Å². The van der Waals surface area contributed by atoms with E-state index in [0.717, 1.165) is 0 Å². The van der Waals surface area contributed by atoms with Gasteiger partial charge in [0.2, 0.25) is 0 Å². The van der Waals surface area contributed by atoms with Gasteiger partial charge >= 0.3 is 0 Å². The normalized spacial score (nSPS) is 10.8. The fourth-order valence-corrected chi connectivity index (χ4v) is 2.15. The molecule has 1 aromatic heterocycles. The molecule has 0 aliphatic rings. The lowest BCUT2D eigenvalue weighted by atomic mass is 10.0. The SMILES string of the molecule is OCc1c(-c2ccc(F)cc2)noc1-c1cccc(F)c1. The smallest absolute Gasteiger partial charge is 0.173 e. The van der Waals surface area contributed by atoms with Gasteiger partial charge in [0.05, 0.1) is 12.2 Å². The first-order valence-corrected chi connectivity index (χ1v) is 6.30. The van der Waals surface area contributed by atoms with E-state index in [-0.39, 0.29) is 12.4 Å². The molecular formula is C16H11F2NO2. The summed E-state index contributed by atoms with van der Waals surface area (Å²) >= 11 is 0. The number of halogens is 2. The Labute approximate surface area is 119 Å². The van der Waals surface area contributed by atoms with Crippen LogP contribution in [0.4, 0.5) is 8.78 Å². The molecule has 3 aromatic rings. The second kappa shape index (κ2) is 5.46. The number of benzene rings is 2. The van der Waals surface area contributed by atoms with Crippen LogP contribution in [0, 0.1) is 11.6 Å². The van der Waals surface area contributed by atoms with Crippen molar-refractivity contribution in [3.63, 3.8) is 0 Å². The molecule has 5 heteroatoms.